The van der Waals surface area contributed by atoms with Gasteiger partial charge in [-0.05, 0) is 43.7 Å². The highest BCUT2D eigenvalue weighted by Crippen LogP contribution is 2.42. The van der Waals surface area contributed by atoms with E-state index in [1.165, 1.54) is 17.7 Å². The lowest BCUT2D eigenvalue weighted by molar-refractivity contribution is 0.0470. The van der Waals surface area contributed by atoms with E-state index in [2.05, 4.69) is 37.1 Å². The maximum atomic E-state index is 6.08. The molecule has 1 aromatic rings. The Morgan fingerprint density at radius 1 is 1.45 bits per heavy atom. The third-order valence-corrected chi connectivity index (χ3v) is 6.17. The molecule has 2 nitrogen and oxygen atoms in total. The van der Waals surface area contributed by atoms with Gasteiger partial charge in [0.25, 0.3) is 0 Å². The van der Waals surface area contributed by atoms with Gasteiger partial charge in [-0.25, -0.2) is 0 Å². The first-order valence-electron chi connectivity index (χ1n) is 7.71. The molecular formula is C16H25ClN2S. The highest BCUT2D eigenvalue weighted by molar-refractivity contribution is 7.16. The van der Waals surface area contributed by atoms with Crippen molar-refractivity contribution in [3.05, 3.63) is 21.3 Å². The van der Waals surface area contributed by atoms with Gasteiger partial charge in [0, 0.05) is 36.1 Å². The van der Waals surface area contributed by atoms with E-state index >= 15 is 0 Å². The van der Waals surface area contributed by atoms with Gasteiger partial charge in [-0.1, -0.05) is 25.4 Å². The van der Waals surface area contributed by atoms with Gasteiger partial charge in [0.15, 0.2) is 0 Å². The second kappa shape index (κ2) is 5.60. The van der Waals surface area contributed by atoms with Gasteiger partial charge >= 0.3 is 0 Å². The van der Waals surface area contributed by atoms with Crippen molar-refractivity contribution in [2.24, 2.45) is 11.8 Å². The van der Waals surface area contributed by atoms with Crippen molar-refractivity contribution in [2.45, 2.75) is 51.7 Å². The predicted octanol–water partition coefficient (Wildman–Crippen LogP) is 4.00. The Morgan fingerprint density at radius 3 is 2.75 bits per heavy atom. The zero-order valence-corrected chi connectivity index (χ0v) is 14.2. The number of nitrogens with one attached hydrogen (secondary N) is 1. The zero-order valence-electron chi connectivity index (χ0n) is 12.7. The topological polar surface area (TPSA) is 15.3 Å². The molecule has 2 heterocycles. The summed E-state index contributed by atoms with van der Waals surface area (Å²) in [5, 5.41) is 3.85. The fraction of sp³-hybridized carbons (Fsp3) is 0.750. The Morgan fingerprint density at radius 2 is 2.20 bits per heavy atom. The molecule has 1 N–H and O–H groups in total. The van der Waals surface area contributed by atoms with Crippen LogP contribution in [0.25, 0.3) is 0 Å². The normalized spacial score (nSPS) is 31.9. The molecule has 0 amide bonds. The minimum Gasteiger partial charge on any atom is -0.308 e. The van der Waals surface area contributed by atoms with E-state index in [0.29, 0.717) is 17.5 Å². The van der Waals surface area contributed by atoms with Gasteiger partial charge in [0.05, 0.1) is 4.34 Å². The van der Waals surface area contributed by atoms with Crippen molar-refractivity contribution < 1.29 is 0 Å². The van der Waals surface area contributed by atoms with Gasteiger partial charge < -0.3 is 5.32 Å². The number of hydrogen-bond acceptors (Lipinski definition) is 3. The van der Waals surface area contributed by atoms with Gasteiger partial charge in [0.1, 0.15) is 0 Å². The minimum absolute atomic E-state index is 0.312. The molecule has 1 saturated heterocycles. The molecule has 1 aliphatic heterocycles. The van der Waals surface area contributed by atoms with E-state index in [-0.39, 0.29) is 0 Å². The van der Waals surface area contributed by atoms with Gasteiger partial charge in [-0.15, -0.1) is 11.3 Å². The van der Waals surface area contributed by atoms with Crippen LogP contribution >= 0.6 is 22.9 Å². The average molecular weight is 313 g/mol. The van der Waals surface area contributed by atoms with Crippen LogP contribution in [0.1, 0.15) is 38.5 Å². The van der Waals surface area contributed by atoms with Crippen LogP contribution in [0, 0.1) is 11.8 Å². The summed E-state index contributed by atoms with van der Waals surface area (Å²) in [5.74, 6) is 1.56. The van der Waals surface area contributed by atoms with Crippen molar-refractivity contribution in [1.82, 2.24) is 10.2 Å². The van der Waals surface area contributed by atoms with Gasteiger partial charge in [0.2, 0.25) is 0 Å². The molecule has 0 spiro atoms. The molecule has 1 aliphatic carbocycles. The van der Waals surface area contributed by atoms with Crippen LogP contribution in [0.2, 0.25) is 4.34 Å². The molecule has 0 bridgehead atoms. The Kier molecular flexibility index (Phi) is 4.15. The van der Waals surface area contributed by atoms with Crippen LogP contribution in [-0.4, -0.2) is 29.6 Å². The highest BCUT2D eigenvalue weighted by Gasteiger charge is 2.46. The highest BCUT2D eigenvalue weighted by atomic mass is 35.5. The lowest BCUT2D eigenvalue weighted by Crippen LogP contribution is -2.64. The zero-order chi connectivity index (χ0) is 14.3. The number of hydrogen-bond donors (Lipinski definition) is 1. The van der Waals surface area contributed by atoms with E-state index in [1.807, 2.05) is 6.07 Å². The molecule has 1 saturated carbocycles. The average Bonchev–Trinajstić information content (AvgIpc) is 3.15. The molecular weight excluding hydrogens is 288 g/mol. The van der Waals surface area contributed by atoms with E-state index in [9.17, 15) is 0 Å². The number of piperazine rings is 1. The van der Waals surface area contributed by atoms with E-state index in [4.69, 9.17) is 11.6 Å². The summed E-state index contributed by atoms with van der Waals surface area (Å²) in [7, 11) is 0. The molecule has 2 aliphatic rings. The summed E-state index contributed by atoms with van der Waals surface area (Å²) in [5.41, 5.74) is 0.312. The lowest BCUT2D eigenvalue weighted by atomic mass is 9.88. The maximum absolute atomic E-state index is 6.08. The summed E-state index contributed by atoms with van der Waals surface area (Å²) in [6.45, 7) is 10.4. The van der Waals surface area contributed by atoms with Crippen molar-refractivity contribution in [2.75, 3.05) is 13.1 Å². The van der Waals surface area contributed by atoms with Crippen LogP contribution in [0.3, 0.4) is 0 Å². The molecule has 2 fully saturated rings. The third kappa shape index (κ3) is 3.06. The molecule has 2 unspecified atom stereocenters. The van der Waals surface area contributed by atoms with E-state index in [1.54, 1.807) is 11.3 Å². The minimum atomic E-state index is 0.312. The smallest absolute Gasteiger partial charge is 0.0931 e. The number of halogens is 1. The third-order valence-electron chi connectivity index (χ3n) is 4.95. The van der Waals surface area contributed by atoms with Crippen molar-refractivity contribution in [3.63, 3.8) is 0 Å². The quantitative estimate of drug-likeness (QED) is 0.904. The predicted molar refractivity (Wildman–Crippen MR) is 87.5 cm³/mol. The van der Waals surface area contributed by atoms with Crippen LogP contribution < -0.4 is 5.32 Å². The van der Waals surface area contributed by atoms with Crippen LogP contribution in [0.4, 0.5) is 0 Å². The molecule has 3 rings (SSSR count). The second-order valence-corrected chi connectivity index (χ2v) is 8.79. The summed E-state index contributed by atoms with van der Waals surface area (Å²) in [6, 6.07) is 4.83. The second-order valence-electron chi connectivity index (χ2n) is 6.99. The van der Waals surface area contributed by atoms with Crippen molar-refractivity contribution in [3.8, 4) is 0 Å². The summed E-state index contributed by atoms with van der Waals surface area (Å²) < 4.78 is 0.904. The number of thiophene rings is 1. The van der Waals surface area contributed by atoms with E-state index in [0.717, 1.165) is 29.9 Å². The monoisotopic (exact) mass is 312 g/mol. The molecule has 0 aromatic carbocycles. The summed E-state index contributed by atoms with van der Waals surface area (Å²) in [4.78, 5) is 4.07. The molecule has 0 radical (unpaired) electrons. The number of rotatable bonds is 4. The SMILES string of the molecule is CC(C)C1CNC(C)(C2CC2)CN1Cc1ccc(Cl)s1. The summed E-state index contributed by atoms with van der Waals surface area (Å²) >= 11 is 7.80. The van der Waals surface area contributed by atoms with Crippen LogP contribution in [-0.2, 0) is 6.54 Å². The Bertz CT molecular complexity index is 469. The van der Waals surface area contributed by atoms with Gasteiger partial charge in [-0.3, -0.25) is 4.90 Å². The van der Waals surface area contributed by atoms with Crippen molar-refractivity contribution >= 4 is 22.9 Å². The molecule has 1 aromatic heterocycles. The molecule has 4 heteroatoms. The fourth-order valence-electron chi connectivity index (χ4n) is 3.52. The maximum Gasteiger partial charge on any atom is 0.0931 e. The fourth-order valence-corrected chi connectivity index (χ4v) is 4.64. The van der Waals surface area contributed by atoms with Crippen LogP contribution in [0.5, 0.6) is 0 Å². The summed E-state index contributed by atoms with van der Waals surface area (Å²) in [6.07, 6.45) is 2.79. The first-order valence-corrected chi connectivity index (χ1v) is 8.91. The van der Waals surface area contributed by atoms with Crippen molar-refractivity contribution in [1.29, 1.82) is 0 Å². The largest absolute Gasteiger partial charge is 0.308 e. The molecule has 20 heavy (non-hydrogen) atoms. The van der Waals surface area contributed by atoms with Gasteiger partial charge in [-0.2, -0.15) is 0 Å². The number of nitrogens with zero attached hydrogens (tertiary/aromatic N) is 1. The Balaban J connectivity index is 1.74. The Labute approximate surface area is 131 Å². The molecule has 112 valence electrons. The van der Waals surface area contributed by atoms with Crippen LogP contribution in [0.15, 0.2) is 12.1 Å². The van der Waals surface area contributed by atoms with E-state index < -0.39 is 0 Å². The standard InChI is InChI=1S/C16H25ClN2S/c1-11(2)14-8-18-16(3,12-4-5-12)10-19(14)9-13-6-7-15(17)20-13/h6-7,11-12,14,18H,4-5,8-10H2,1-3H3. The first-order chi connectivity index (χ1) is 9.48. The lowest BCUT2D eigenvalue weighted by Gasteiger charge is -2.48. The first kappa shape index (κ1) is 14.8. The molecule has 2 atom stereocenters. The Hall–Kier alpha value is -0.0900.